The first-order valence-corrected chi connectivity index (χ1v) is 12.8. The van der Waals surface area contributed by atoms with E-state index in [0.29, 0.717) is 25.0 Å². The predicted octanol–water partition coefficient (Wildman–Crippen LogP) is 5.86. The lowest BCUT2D eigenvalue weighted by molar-refractivity contribution is -0.124. The van der Waals surface area contributed by atoms with Gasteiger partial charge in [-0.2, -0.15) is 5.26 Å². The van der Waals surface area contributed by atoms with Gasteiger partial charge in [-0.15, -0.1) is 0 Å². The van der Waals surface area contributed by atoms with E-state index in [1.807, 2.05) is 47.4 Å². The number of ketones is 1. The molecule has 3 aliphatic rings. The van der Waals surface area contributed by atoms with Gasteiger partial charge >= 0.3 is 6.09 Å². The van der Waals surface area contributed by atoms with Crippen molar-refractivity contribution in [2.45, 2.75) is 50.1 Å². The number of hydrogen-bond donors (Lipinski definition) is 0. The zero-order chi connectivity index (χ0) is 24.6. The topological polar surface area (TPSA) is 70.4 Å². The second kappa shape index (κ2) is 9.28. The van der Waals surface area contributed by atoms with E-state index in [-0.39, 0.29) is 42.2 Å². The third-order valence-corrected chi connectivity index (χ3v) is 8.24. The molecule has 0 N–H and O–H groups in total. The normalized spacial score (nSPS) is 22.0. The lowest BCUT2D eigenvalue weighted by Crippen LogP contribution is -2.48. The fourth-order valence-corrected chi connectivity index (χ4v) is 6.52. The highest BCUT2D eigenvalue weighted by Crippen LogP contribution is 2.45. The second-order valence-corrected chi connectivity index (χ2v) is 10.2. The molecule has 0 radical (unpaired) electrons. The molecule has 6 rings (SSSR count). The Morgan fingerprint density at radius 2 is 1.44 bits per heavy atom. The van der Waals surface area contributed by atoms with Crippen molar-refractivity contribution in [3.8, 4) is 17.2 Å². The molecular weight excluding hydrogens is 448 g/mol. The lowest BCUT2D eigenvalue weighted by atomic mass is 9.85. The molecule has 2 heterocycles. The van der Waals surface area contributed by atoms with Crippen molar-refractivity contribution in [3.05, 3.63) is 95.1 Å². The molecule has 2 bridgehead atoms. The Labute approximate surface area is 211 Å². The van der Waals surface area contributed by atoms with Crippen molar-refractivity contribution in [1.82, 2.24) is 4.90 Å². The number of carbonyl (C=O) groups excluding carboxylic acids is 2. The molecule has 0 spiro atoms. The molecular formula is C31H28N2O3. The highest BCUT2D eigenvalue weighted by Gasteiger charge is 2.46. The zero-order valence-corrected chi connectivity index (χ0v) is 20.1. The van der Waals surface area contributed by atoms with E-state index in [1.54, 1.807) is 6.07 Å². The van der Waals surface area contributed by atoms with Crippen LogP contribution in [0.1, 0.15) is 53.9 Å². The molecule has 2 atom stereocenters. The van der Waals surface area contributed by atoms with Gasteiger partial charge in [-0.05, 0) is 59.6 Å². The Morgan fingerprint density at radius 3 is 2.08 bits per heavy atom. The monoisotopic (exact) mass is 476 g/mol. The van der Waals surface area contributed by atoms with E-state index in [1.165, 1.54) is 22.3 Å². The van der Waals surface area contributed by atoms with Crippen LogP contribution in [0.15, 0.2) is 72.8 Å². The van der Waals surface area contributed by atoms with E-state index in [9.17, 15) is 14.9 Å². The minimum atomic E-state index is -0.259. The number of benzene rings is 3. The molecule has 0 saturated carbocycles. The fraction of sp³-hybridized carbons (Fsp3) is 0.323. The summed E-state index contributed by atoms with van der Waals surface area (Å²) in [5.41, 5.74) is 6.19. The quantitative estimate of drug-likeness (QED) is 0.462. The van der Waals surface area contributed by atoms with Crippen molar-refractivity contribution in [3.63, 3.8) is 0 Å². The number of Topliss-reactive ketones (excluding diaryl/α,β-unsaturated/α-hetero) is 1. The van der Waals surface area contributed by atoms with Crippen LogP contribution < -0.4 is 0 Å². The number of piperidine rings is 1. The zero-order valence-electron chi connectivity index (χ0n) is 20.1. The summed E-state index contributed by atoms with van der Waals surface area (Å²) in [6.07, 6.45) is 3.19. The first kappa shape index (κ1) is 22.5. The smallest absolute Gasteiger partial charge is 0.410 e. The van der Waals surface area contributed by atoms with E-state index in [2.05, 4.69) is 30.3 Å². The molecule has 0 aromatic heterocycles. The summed E-state index contributed by atoms with van der Waals surface area (Å²) in [6, 6.07) is 26.3. The number of nitrogens with zero attached hydrogens (tertiary/aromatic N) is 2. The Balaban J connectivity index is 1.12. The molecule has 5 heteroatoms. The van der Waals surface area contributed by atoms with Gasteiger partial charge in [0.2, 0.25) is 0 Å². The van der Waals surface area contributed by atoms with E-state index in [0.717, 1.165) is 18.4 Å². The van der Waals surface area contributed by atoms with Crippen LogP contribution in [0.25, 0.3) is 11.1 Å². The van der Waals surface area contributed by atoms with Gasteiger partial charge in [0, 0.05) is 30.3 Å². The van der Waals surface area contributed by atoms with Crippen molar-refractivity contribution in [2.75, 3.05) is 6.61 Å². The Hall–Kier alpha value is -3.91. The van der Waals surface area contributed by atoms with Gasteiger partial charge in [0.1, 0.15) is 12.4 Å². The van der Waals surface area contributed by atoms with Gasteiger partial charge in [-0.1, -0.05) is 66.7 Å². The van der Waals surface area contributed by atoms with Crippen LogP contribution in [0.2, 0.25) is 0 Å². The SMILES string of the molecule is N#Cc1ccccc1CC(=O)C1CC2CCC(C1)N2C(=O)OCC1c2ccccc2-c2ccccc21. The first-order chi connectivity index (χ1) is 17.6. The van der Waals surface area contributed by atoms with Crippen molar-refractivity contribution in [1.29, 1.82) is 5.26 Å². The number of rotatable bonds is 5. The number of carbonyl (C=O) groups is 2. The van der Waals surface area contributed by atoms with Gasteiger partial charge < -0.3 is 9.64 Å². The molecule has 3 aromatic rings. The molecule has 180 valence electrons. The van der Waals surface area contributed by atoms with Crippen molar-refractivity contribution < 1.29 is 14.3 Å². The molecule has 1 aliphatic carbocycles. The van der Waals surface area contributed by atoms with Crippen LogP contribution in [0.3, 0.4) is 0 Å². The highest BCUT2D eigenvalue weighted by atomic mass is 16.6. The minimum Gasteiger partial charge on any atom is -0.448 e. The summed E-state index contributed by atoms with van der Waals surface area (Å²) in [5.74, 6) is 0.131. The maximum Gasteiger partial charge on any atom is 0.410 e. The molecule has 5 nitrogen and oxygen atoms in total. The van der Waals surface area contributed by atoms with Crippen LogP contribution in [-0.2, 0) is 16.0 Å². The lowest BCUT2D eigenvalue weighted by Gasteiger charge is -2.37. The van der Waals surface area contributed by atoms with E-state index in [4.69, 9.17) is 4.74 Å². The predicted molar refractivity (Wildman–Crippen MR) is 136 cm³/mol. The molecule has 1 amide bonds. The summed E-state index contributed by atoms with van der Waals surface area (Å²) in [5, 5.41) is 9.35. The average molecular weight is 477 g/mol. The van der Waals surface area contributed by atoms with Crippen LogP contribution >= 0.6 is 0 Å². The Bertz CT molecular complexity index is 1310. The molecule has 2 unspecified atom stereocenters. The van der Waals surface area contributed by atoms with Gasteiger partial charge in [0.05, 0.1) is 11.6 Å². The minimum absolute atomic E-state index is 0.0401. The Kier molecular flexibility index (Phi) is 5.81. The maximum atomic E-state index is 13.3. The van der Waals surface area contributed by atoms with Gasteiger partial charge in [-0.25, -0.2) is 4.79 Å². The second-order valence-electron chi connectivity index (χ2n) is 10.2. The van der Waals surface area contributed by atoms with Crippen molar-refractivity contribution in [2.24, 2.45) is 5.92 Å². The van der Waals surface area contributed by atoms with Gasteiger partial charge in [0.25, 0.3) is 0 Å². The summed E-state index contributed by atoms with van der Waals surface area (Å²) in [7, 11) is 0. The largest absolute Gasteiger partial charge is 0.448 e. The molecule has 36 heavy (non-hydrogen) atoms. The van der Waals surface area contributed by atoms with Crippen LogP contribution in [0.4, 0.5) is 4.79 Å². The summed E-state index contributed by atoms with van der Waals surface area (Å²) < 4.78 is 5.95. The number of amides is 1. The van der Waals surface area contributed by atoms with Crippen LogP contribution in [-0.4, -0.2) is 35.5 Å². The molecule has 2 aliphatic heterocycles. The summed E-state index contributed by atoms with van der Waals surface area (Å²) >= 11 is 0. The highest BCUT2D eigenvalue weighted by molar-refractivity contribution is 5.84. The van der Waals surface area contributed by atoms with E-state index >= 15 is 0 Å². The van der Waals surface area contributed by atoms with Crippen molar-refractivity contribution >= 4 is 11.9 Å². The Morgan fingerprint density at radius 1 is 0.861 bits per heavy atom. The number of ether oxygens (including phenoxy) is 1. The molecule has 3 aromatic carbocycles. The van der Waals surface area contributed by atoms with Gasteiger partial charge in [-0.3, -0.25) is 4.79 Å². The third-order valence-electron chi connectivity index (χ3n) is 8.24. The number of nitriles is 1. The third kappa shape index (κ3) is 3.87. The summed E-state index contributed by atoms with van der Waals surface area (Å²) in [6.45, 7) is 0.316. The first-order valence-electron chi connectivity index (χ1n) is 12.8. The molecule has 2 fully saturated rings. The average Bonchev–Trinajstić information content (AvgIpc) is 3.38. The number of fused-ring (bicyclic) bond motifs is 5. The van der Waals surface area contributed by atoms with Crippen LogP contribution in [0, 0.1) is 17.2 Å². The standard InChI is InChI=1S/C31H28N2O3/c32-18-21-8-2-1-7-20(21)17-30(34)22-15-23-13-14-24(16-22)33(23)31(35)36-19-29-27-11-5-3-9-25(27)26-10-4-6-12-28(26)29/h1-12,22-24,29H,13-17,19H2. The van der Waals surface area contributed by atoms with Gasteiger partial charge in [0.15, 0.2) is 0 Å². The molecule has 2 saturated heterocycles. The summed E-state index contributed by atoms with van der Waals surface area (Å²) in [4.78, 5) is 28.3. The van der Waals surface area contributed by atoms with E-state index < -0.39 is 0 Å². The van der Waals surface area contributed by atoms with Crippen LogP contribution in [0.5, 0.6) is 0 Å². The number of hydrogen-bond acceptors (Lipinski definition) is 4. The maximum absolute atomic E-state index is 13.3. The fourth-order valence-electron chi connectivity index (χ4n) is 6.52.